The number of esters is 1. The van der Waals surface area contributed by atoms with Crippen molar-refractivity contribution in [2.24, 2.45) is 7.05 Å². The second-order valence-corrected chi connectivity index (χ2v) is 7.43. The van der Waals surface area contributed by atoms with Crippen LogP contribution in [0.3, 0.4) is 0 Å². The Kier molecular flexibility index (Phi) is 7.31. The Hall–Kier alpha value is -3.04. The molecule has 30 heavy (non-hydrogen) atoms. The highest BCUT2D eigenvalue weighted by Gasteiger charge is 2.13. The van der Waals surface area contributed by atoms with Gasteiger partial charge in [0.15, 0.2) is 11.0 Å². The Balaban J connectivity index is 1.51. The molecule has 0 aliphatic carbocycles. The van der Waals surface area contributed by atoms with E-state index in [0.29, 0.717) is 33.0 Å². The number of nitrogens with one attached hydrogen (secondary N) is 1. The van der Waals surface area contributed by atoms with E-state index in [-0.39, 0.29) is 18.3 Å². The van der Waals surface area contributed by atoms with Crippen molar-refractivity contribution in [3.05, 3.63) is 64.9 Å². The Morgan fingerprint density at radius 1 is 1.13 bits per heavy atom. The molecule has 1 amide bonds. The van der Waals surface area contributed by atoms with E-state index in [1.807, 2.05) is 12.1 Å². The quantitative estimate of drug-likeness (QED) is 0.417. The van der Waals surface area contributed by atoms with Gasteiger partial charge in [-0.1, -0.05) is 35.5 Å². The average molecular weight is 447 g/mol. The number of carbonyl (C=O) groups excluding carboxylic acids is 2. The minimum Gasteiger partial charge on any atom is -0.484 e. The van der Waals surface area contributed by atoms with Gasteiger partial charge in [0.1, 0.15) is 12.4 Å². The van der Waals surface area contributed by atoms with Crippen LogP contribution in [-0.2, 0) is 23.2 Å². The standard InChI is InChI=1S/C20H19ClN4O4S/c1-25-17(11-29-16-6-4-3-5-15(16)21)23-24-20(25)30-12-18(26)22-14-9-7-13(8-10-14)19(27)28-2/h3-10H,11-12H2,1-2H3,(H,22,26). The minimum atomic E-state index is -0.431. The summed E-state index contributed by atoms with van der Waals surface area (Å²) < 4.78 is 12.1. The fourth-order valence-corrected chi connectivity index (χ4v) is 3.36. The molecule has 1 heterocycles. The van der Waals surface area contributed by atoms with E-state index in [2.05, 4.69) is 20.3 Å². The maximum absolute atomic E-state index is 12.2. The lowest BCUT2D eigenvalue weighted by molar-refractivity contribution is -0.113. The molecule has 3 rings (SSSR count). The molecule has 0 atom stereocenters. The summed E-state index contributed by atoms with van der Waals surface area (Å²) in [7, 11) is 3.12. The highest BCUT2D eigenvalue weighted by Crippen LogP contribution is 2.24. The van der Waals surface area contributed by atoms with Crippen molar-refractivity contribution in [1.29, 1.82) is 0 Å². The van der Waals surface area contributed by atoms with Crippen LogP contribution in [0.2, 0.25) is 5.02 Å². The number of para-hydroxylation sites is 1. The Labute approximate surface area is 182 Å². The molecule has 0 saturated heterocycles. The number of nitrogens with zero attached hydrogens (tertiary/aromatic N) is 3. The van der Waals surface area contributed by atoms with E-state index < -0.39 is 5.97 Å². The van der Waals surface area contributed by atoms with Crippen molar-refractivity contribution >= 4 is 40.9 Å². The van der Waals surface area contributed by atoms with Gasteiger partial charge in [0, 0.05) is 12.7 Å². The zero-order chi connectivity index (χ0) is 21.5. The Morgan fingerprint density at radius 3 is 2.57 bits per heavy atom. The Bertz CT molecular complexity index is 1040. The number of thioether (sulfide) groups is 1. The molecule has 0 unspecified atom stereocenters. The number of carbonyl (C=O) groups is 2. The number of halogens is 1. The molecule has 0 bridgehead atoms. The van der Waals surface area contributed by atoms with Gasteiger partial charge in [-0.3, -0.25) is 4.79 Å². The van der Waals surface area contributed by atoms with Crippen LogP contribution >= 0.6 is 23.4 Å². The molecule has 3 aromatic rings. The molecule has 0 fully saturated rings. The van der Waals surface area contributed by atoms with Crippen LogP contribution in [0, 0.1) is 0 Å². The summed E-state index contributed by atoms with van der Waals surface area (Å²) in [6.07, 6.45) is 0. The second-order valence-electron chi connectivity index (χ2n) is 6.08. The lowest BCUT2D eigenvalue weighted by Crippen LogP contribution is -2.14. The number of ether oxygens (including phenoxy) is 2. The topological polar surface area (TPSA) is 95.3 Å². The average Bonchev–Trinajstić information content (AvgIpc) is 3.11. The van der Waals surface area contributed by atoms with E-state index in [0.717, 1.165) is 0 Å². The molecule has 10 heteroatoms. The number of amides is 1. The first-order valence-corrected chi connectivity index (χ1v) is 10.2. The summed E-state index contributed by atoms with van der Waals surface area (Å²) in [6.45, 7) is 0.201. The first-order chi connectivity index (χ1) is 14.5. The number of rotatable bonds is 8. The van der Waals surface area contributed by atoms with E-state index in [1.54, 1.807) is 48.0 Å². The zero-order valence-corrected chi connectivity index (χ0v) is 17.9. The lowest BCUT2D eigenvalue weighted by Gasteiger charge is -2.08. The van der Waals surface area contributed by atoms with Crippen LogP contribution in [0.4, 0.5) is 5.69 Å². The van der Waals surface area contributed by atoms with Gasteiger partial charge in [0.05, 0.1) is 23.4 Å². The molecule has 0 radical (unpaired) electrons. The van der Waals surface area contributed by atoms with Gasteiger partial charge in [-0.05, 0) is 36.4 Å². The summed E-state index contributed by atoms with van der Waals surface area (Å²) in [5.41, 5.74) is 0.996. The molecule has 1 aromatic heterocycles. The maximum Gasteiger partial charge on any atom is 0.337 e. The van der Waals surface area contributed by atoms with E-state index in [1.165, 1.54) is 18.9 Å². The number of anilines is 1. The summed E-state index contributed by atoms with van der Waals surface area (Å²) >= 11 is 7.33. The Morgan fingerprint density at radius 2 is 1.87 bits per heavy atom. The van der Waals surface area contributed by atoms with Crippen LogP contribution in [-0.4, -0.2) is 39.5 Å². The summed E-state index contributed by atoms with van der Waals surface area (Å²) in [5.74, 6) is 0.684. The lowest BCUT2D eigenvalue weighted by atomic mass is 10.2. The SMILES string of the molecule is COC(=O)c1ccc(NC(=O)CSc2nnc(COc3ccccc3Cl)n2C)cc1. The van der Waals surface area contributed by atoms with Crippen molar-refractivity contribution in [1.82, 2.24) is 14.8 Å². The van der Waals surface area contributed by atoms with Crippen molar-refractivity contribution in [3.8, 4) is 5.75 Å². The predicted octanol–water partition coefficient (Wildman–Crippen LogP) is 3.56. The third-order valence-corrected chi connectivity index (χ3v) is 5.37. The molecule has 8 nitrogen and oxygen atoms in total. The van der Waals surface area contributed by atoms with Crippen LogP contribution in [0.25, 0.3) is 0 Å². The third kappa shape index (κ3) is 5.52. The predicted molar refractivity (Wildman–Crippen MR) is 114 cm³/mol. The summed E-state index contributed by atoms with van der Waals surface area (Å²) in [6, 6.07) is 13.6. The normalized spacial score (nSPS) is 10.5. The van der Waals surface area contributed by atoms with E-state index >= 15 is 0 Å². The minimum absolute atomic E-state index is 0.149. The van der Waals surface area contributed by atoms with Gasteiger partial charge in [0.25, 0.3) is 0 Å². The van der Waals surface area contributed by atoms with Crippen molar-refractivity contribution in [3.63, 3.8) is 0 Å². The van der Waals surface area contributed by atoms with Gasteiger partial charge < -0.3 is 19.4 Å². The van der Waals surface area contributed by atoms with Gasteiger partial charge in [-0.15, -0.1) is 10.2 Å². The molecular weight excluding hydrogens is 428 g/mol. The van der Waals surface area contributed by atoms with Crippen molar-refractivity contribution in [2.75, 3.05) is 18.2 Å². The second kappa shape index (κ2) is 10.1. The molecule has 2 aromatic carbocycles. The van der Waals surface area contributed by atoms with Crippen molar-refractivity contribution < 1.29 is 19.1 Å². The van der Waals surface area contributed by atoms with Crippen LogP contribution in [0.5, 0.6) is 5.75 Å². The van der Waals surface area contributed by atoms with Crippen LogP contribution in [0.1, 0.15) is 16.2 Å². The monoisotopic (exact) mass is 446 g/mol. The van der Waals surface area contributed by atoms with Crippen molar-refractivity contribution in [2.45, 2.75) is 11.8 Å². The fourth-order valence-electron chi connectivity index (χ4n) is 2.44. The first-order valence-electron chi connectivity index (χ1n) is 8.84. The highest BCUT2D eigenvalue weighted by molar-refractivity contribution is 7.99. The largest absolute Gasteiger partial charge is 0.484 e. The van der Waals surface area contributed by atoms with Gasteiger partial charge in [-0.2, -0.15) is 0 Å². The fraction of sp³-hybridized carbons (Fsp3) is 0.200. The van der Waals surface area contributed by atoms with E-state index in [9.17, 15) is 9.59 Å². The summed E-state index contributed by atoms with van der Waals surface area (Å²) in [5, 5.41) is 12.1. The zero-order valence-electron chi connectivity index (χ0n) is 16.3. The van der Waals surface area contributed by atoms with Gasteiger partial charge in [-0.25, -0.2) is 4.79 Å². The summed E-state index contributed by atoms with van der Waals surface area (Å²) in [4.78, 5) is 23.6. The number of aromatic nitrogens is 3. The molecule has 0 saturated carbocycles. The van der Waals surface area contributed by atoms with Gasteiger partial charge >= 0.3 is 5.97 Å². The van der Waals surface area contributed by atoms with E-state index in [4.69, 9.17) is 16.3 Å². The first kappa shape index (κ1) is 21.7. The van der Waals surface area contributed by atoms with Crippen LogP contribution < -0.4 is 10.1 Å². The molecule has 0 aliphatic rings. The molecule has 0 spiro atoms. The number of methoxy groups -OCH3 is 1. The third-order valence-electron chi connectivity index (χ3n) is 4.04. The maximum atomic E-state index is 12.2. The smallest absolute Gasteiger partial charge is 0.337 e. The molecule has 156 valence electrons. The van der Waals surface area contributed by atoms with Gasteiger partial charge in [0.2, 0.25) is 5.91 Å². The number of hydrogen-bond acceptors (Lipinski definition) is 7. The molecule has 1 N–H and O–H groups in total. The van der Waals surface area contributed by atoms with Crippen LogP contribution in [0.15, 0.2) is 53.7 Å². The number of hydrogen-bond donors (Lipinski definition) is 1. The molecular formula is C20H19ClN4O4S. The molecule has 0 aliphatic heterocycles. The number of benzene rings is 2. The highest BCUT2D eigenvalue weighted by atomic mass is 35.5.